The molecule has 0 atom stereocenters. The second kappa shape index (κ2) is 10.2. The molecular weight excluding hydrogens is 420 g/mol. The van der Waals surface area contributed by atoms with Gasteiger partial charge in [-0.1, -0.05) is 36.4 Å². The second-order valence-electron chi connectivity index (χ2n) is 6.87. The maximum atomic E-state index is 13.2. The fraction of sp³-hybridized carbons (Fsp3) is 0.0769. The van der Waals surface area contributed by atoms with Gasteiger partial charge in [0.05, 0.1) is 20.3 Å². The van der Waals surface area contributed by atoms with E-state index >= 15 is 0 Å². The third-order valence-electron chi connectivity index (χ3n) is 4.68. The summed E-state index contributed by atoms with van der Waals surface area (Å²) in [6.45, 7) is 0. The van der Waals surface area contributed by atoms with Crippen molar-refractivity contribution in [2.24, 2.45) is 5.11 Å². The zero-order chi connectivity index (χ0) is 23.0. The summed E-state index contributed by atoms with van der Waals surface area (Å²) >= 11 is 0. The van der Waals surface area contributed by atoms with Gasteiger partial charge in [-0.15, -0.1) is 0 Å². The molecule has 4 aromatic rings. The summed E-state index contributed by atoms with van der Waals surface area (Å²) < 4.78 is 22.5. The number of nitrogens with zero attached hydrogens (tertiary/aromatic N) is 2. The van der Waals surface area contributed by atoms with Crippen LogP contribution in [0.5, 0.6) is 34.5 Å². The molecule has 0 bridgehead atoms. The molecule has 0 unspecified atom stereocenters. The van der Waals surface area contributed by atoms with Crippen LogP contribution in [0.15, 0.2) is 102 Å². The lowest BCUT2D eigenvalue weighted by molar-refractivity contribution is -0.436. The topological polar surface area (TPSA) is 75.4 Å². The highest BCUT2D eigenvalue weighted by atomic mass is 16.5. The summed E-state index contributed by atoms with van der Waals surface area (Å²) in [5, 5.41) is 17.5. The predicted molar refractivity (Wildman–Crippen MR) is 124 cm³/mol. The number of methoxy groups -OCH3 is 2. The summed E-state index contributed by atoms with van der Waals surface area (Å²) in [5.74, 6) is 2.96. The van der Waals surface area contributed by atoms with Gasteiger partial charge < -0.3 is 24.2 Å². The van der Waals surface area contributed by atoms with Crippen molar-refractivity contribution in [2.45, 2.75) is 0 Å². The molecule has 0 heterocycles. The van der Waals surface area contributed by atoms with Gasteiger partial charge in [-0.25, -0.2) is 0 Å². The summed E-state index contributed by atoms with van der Waals surface area (Å²) in [5.41, 5.74) is 0.466. The van der Waals surface area contributed by atoms with Crippen LogP contribution in [0.2, 0.25) is 0 Å². The number of hydrogen-bond acceptors (Lipinski definition) is 6. The fourth-order valence-corrected chi connectivity index (χ4v) is 3.03. The Morgan fingerprint density at radius 2 is 1.12 bits per heavy atom. The van der Waals surface area contributed by atoms with E-state index in [1.165, 1.54) is 7.11 Å². The Labute approximate surface area is 191 Å². The summed E-state index contributed by atoms with van der Waals surface area (Å²) in [6.07, 6.45) is 0. The molecule has 0 aliphatic carbocycles. The molecule has 0 N–H and O–H groups in total. The largest absolute Gasteiger partial charge is 0.594 e. The molecule has 0 aliphatic rings. The Balaban J connectivity index is 1.75. The highest BCUT2D eigenvalue weighted by Gasteiger charge is 2.18. The highest BCUT2D eigenvalue weighted by molar-refractivity contribution is 5.57. The monoisotopic (exact) mass is 442 g/mol. The molecule has 166 valence electrons. The molecular formula is C26H22N2O5. The lowest BCUT2D eigenvalue weighted by Gasteiger charge is -2.11. The molecule has 4 aromatic carbocycles. The van der Waals surface area contributed by atoms with Crippen molar-refractivity contribution in [3.63, 3.8) is 0 Å². The Kier molecular flexibility index (Phi) is 6.70. The van der Waals surface area contributed by atoms with Crippen LogP contribution < -0.4 is 18.9 Å². The summed E-state index contributed by atoms with van der Waals surface area (Å²) in [6, 6.07) is 28.4. The van der Waals surface area contributed by atoms with Crippen LogP contribution in [-0.4, -0.2) is 19.1 Å². The molecule has 0 radical (unpaired) electrons. The van der Waals surface area contributed by atoms with Gasteiger partial charge in [0.15, 0.2) is 11.4 Å². The van der Waals surface area contributed by atoms with Crippen LogP contribution in [0.1, 0.15) is 0 Å². The van der Waals surface area contributed by atoms with Crippen LogP contribution in [0.3, 0.4) is 0 Å². The lowest BCUT2D eigenvalue weighted by atomic mass is 10.2. The molecule has 0 spiro atoms. The van der Waals surface area contributed by atoms with Crippen LogP contribution >= 0.6 is 0 Å². The first-order valence-corrected chi connectivity index (χ1v) is 10.2. The van der Waals surface area contributed by atoms with Crippen molar-refractivity contribution >= 4 is 11.4 Å². The summed E-state index contributed by atoms with van der Waals surface area (Å²) in [4.78, 5) is 0.480. The van der Waals surface area contributed by atoms with Gasteiger partial charge in [-0.05, 0) is 53.4 Å². The maximum Gasteiger partial charge on any atom is 0.290 e. The van der Waals surface area contributed by atoms with Crippen molar-refractivity contribution in [3.05, 3.63) is 102 Å². The zero-order valence-electron chi connectivity index (χ0n) is 18.2. The molecule has 33 heavy (non-hydrogen) atoms. The minimum Gasteiger partial charge on any atom is -0.594 e. The van der Waals surface area contributed by atoms with E-state index in [9.17, 15) is 5.21 Å². The fourth-order valence-electron chi connectivity index (χ4n) is 3.03. The van der Waals surface area contributed by atoms with Crippen molar-refractivity contribution in [3.8, 4) is 34.5 Å². The Bertz CT molecular complexity index is 1240. The van der Waals surface area contributed by atoms with E-state index in [-0.39, 0.29) is 5.69 Å². The normalized spacial score (nSPS) is 11.0. The minimum absolute atomic E-state index is 0.173. The van der Waals surface area contributed by atoms with Crippen molar-refractivity contribution in [1.82, 2.24) is 0 Å². The van der Waals surface area contributed by atoms with E-state index in [0.717, 1.165) is 0 Å². The van der Waals surface area contributed by atoms with E-state index in [2.05, 4.69) is 5.11 Å². The van der Waals surface area contributed by atoms with Crippen LogP contribution in [0, 0.1) is 5.21 Å². The Morgan fingerprint density at radius 1 is 0.606 bits per heavy atom. The second-order valence-corrected chi connectivity index (χ2v) is 6.87. The molecule has 0 amide bonds. The number of rotatable bonds is 8. The van der Waals surface area contributed by atoms with E-state index < -0.39 is 0 Å². The van der Waals surface area contributed by atoms with Gasteiger partial charge in [0.25, 0.3) is 5.69 Å². The number of azo groups is 1. The highest BCUT2D eigenvalue weighted by Crippen LogP contribution is 2.39. The molecule has 4 rings (SSSR count). The molecule has 0 saturated heterocycles. The Hall–Kier alpha value is -4.52. The van der Waals surface area contributed by atoms with E-state index in [0.29, 0.717) is 45.0 Å². The first-order valence-electron chi connectivity index (χ1n) is 10.2. The van der Waals surface area contributed by atoms with E-state index in [1.807, 2.05) is 48.5 Å². The van der Waals surface area contributed by atoms with E-state index in [1.54, 1.807) is 55.6 Å². The van der Waals surface area contributed by atoms with Crippen molar-refractivity contribution < 1.29 is 23.8 Å². The maximum absolute atomic E-state index is 13.2. The van der Waals surface area contributed by atoms with Crippen LogP contribution in [-0.2, 0) is 0 Å². The quantitative estimate of drug-likeness (QED) is 0.164. The zero-order valence-corrected chi connectivity index (χ0v) is 18.2. The van der Waals surface area contributed by atoms with E-state index in [4.69, 9.17) is 18.9 Å². The smallest absolute Gasteiger partial charge is 0.290 e. The number of ether oxygens (including phenoxy) is 4. The predicted octanol–water partition coefficient (Wildman–Crippen LogP) is 7.21. The first-order chi connectivity index (χ1) is 16.2. The van der Waals surface area contributed by atoms with Gasteiger partial charge in [-0.3, -0.25) is 0 Å². The van der Waals surface area contributed by atoms with Crippen LogP contribution in [0.4, 0.5) is 11.4 Å². The summed E-state index contributed by atoms with van der Waals surface area (Å²) in [7, 11) is 3.07. The van der Waals surface area contributed by atoms with Crippen molar-refractivity contribution in [2.75, 3.05) is 14.2 Å². The SMILES string of the molecule is COc1ccc(Oc2ccccc2)c(N=[N+]([O-])c2cc(OC)ccc2Oc2ccccc2)c1. The third-order valence-corrected chi connectivity index (χ3v) is 4.68. The third kappa shape index (κ3) is 5.40. The average molecular weight is 442 g/mol. The lowest BCUT2D eigenvalue weighted by Crippen LogP contribution is -1.97. The van der Waals surface area contributed by atoms with Gasteiger partial charge in [0, 0.05) is 11.2 Å². The molecule has 0 aliphatic heterocycles. The first kappa shape index (κ1) is 21.7. The molecule has 7 heteroatoms. The van der Waals surface area contributed by atoms with Gasteiger partial charge in [-0.2, -0.15) is 0 Å². The Morgan fingerprint density at radius 3 is 1.70 bits per heavy atom. The van der Waals surface area contributed by atoms with Gasteiger partial charge in [0.1, 0.15) is 23.0 Å². The molecule has 0 aromatic heterocycles. The molecule has 0 fully saturated rings. The van der Waals surface area contributed by atoms with Crippen LogP contribution in [0.25, 0.3) is 0 Å². The van der Waals surface area contributed by atoms with Gasteiger partial charge >= 0.3 is 0 Å². The molecule has 7 nitrogen and oxygen atoms in total. The minimum atomic E-state index is 0.173. The number of benzene rings is 4. The average Bonchev–Trinajstić information content (AvgIpc) is 2.86. The van der Waals surface area contributed by atoms with Crippen molar-refractivity contribution in [1.29, 1.82) is 0 Å². The van der Waals surface area contributed by atoms with Gasteiger partial charge in [0.2, 0.25) is 5.75 Å². The standard InChI is InChI=1S/C26H22N2O5/c1-30-21-13-15-25(32-19-9-5-3-6-10-19)23(17-21)27-28(29)24-18-22(31-2)14-16-26(24)33-20-11-7-4-8-12-20/h3-18H,1-2H3. The number of hydrogen-bond donors (Lipinski definition) is 0. The molecule has 0 saturated carbocycles. The number of para-hydroxylation sites is 2.